The maximum atomic E-state index is 13.1. The normalized spacial score (nSPS) is 14.5. The Labute approximate surface area is 194 Å². The molecule has 2 aromatic carbocycles. The van der Waals surface area contributed by atoms with Gasteiger partial charge < -0.3 is 10.2 Å². The highest BCUT2D eigenvalue weighted by molar-refractivity contribution is 7.92. The molecular weight excluding hydrogens is 483 g/mol. The van der Waals surface area contributed by atoms with Crippen molar-refractivity contribution in [1.29, 1.82) is 0 Å². The largest absolute Gasteiger partial charge is 0.416 e. The summed E-state index contributed by atoms with van der Waals surface area (Å²) in [6, 6.07) is 7.11. The van der Waals surface area contributed by atoms with E-state index >= 15 is 0 Å². The standard InChI is InChI=1S/C21H21ClF3N3O4S/c1-13-5-7-15(11-17(13)27-9-3-4-20(27)30)26-19(29)12-28(33(2,31)32)18-10-14(21(23,24)25)6-8-16(18)22/h5-8,10-11H,3-4,9,12H2,1-2H3,(H,26,29). The third-order valence-corrected chi connectivity index (χ3v) is 6.53. The van der Waals surface area contributed by atoms with Crippen LogP contribution < -0.4 is 14.5 Å². The van der Waals surface area contributed by atoms with Crippen molar-refractivity contribution in [3.63, 3.8) is 0 Å². The molecule has 0 aliphatic carbocycles. The van der Waals surface area contributed by atoms with E-state index < -0.39 is 39.9 Å². The third-order valence-electron chi connectivity index (χ3n) is 5.09. The summed E-state index contributed by atoms with van der Waals surface area (Å²) >= 11 is 5.97. The first-order valence-electron chi connectivity index (χ1n) is 9.82. The second-order valence-electron chi connectivity index (χ2n) is 7.63. The highest BCUT2D eigenvalue weighted by Crippen LogP contribution is 2.36. The van der Waals surface area contributed by atoms with Crippen LogP contribution in [0.1, 0.15) is 24.0 Å². The summed E-state index contributed by atoms with van der Waals surface area (Å²) < 4.78 is 64.5. The van der Waals surface area contributed by atoms with Gasteiger partial charge in [0, 0.05) is 24.3 Å². The topological polar surface area (TPSA) is 86.8 Å². The van der Waals surface area contributed by atoms with Crippen LogP contribution in [0.5, 0.6) is 0 Å². The van der Waals surface area contributed by atoms with Gasteiger partial charge in [-0.25, -0.2) is 8.42 Å². The lowest BCUT2D eigenvalue weighted by atomic mass is 10.1. The van der Waals surface area contributed by atoms with Gasteiger partial charge in [0.2, 0.25) is 21.8 Å². The van der Waals surface area contributed by atoms with Gasteiger partial charge >= 0.3 is 6.18 Å². The number of carbonyl (C=O) groups excluding carboxylic acids is 2. The first-order chi connectivity index (χ1) is 15.3. The minimum atomic E-state index is -4.73. The van der Waals surface area contributed by atoms with Crippen LogP contribution in [0.3, 0.4) is 0 Å². The summed E-state index contributed by atoms with van der Waals surface area (Å²) in [5.74, 6) is -0.833. The van der Waals surface area contributed by atoms with E-state index in [0.717, 1.165) is 30.4 Å². The van der Waals surface area contributed by atoms with Gasteiger partial charge in [-0.1, -0.05) is 17.7 Å². The number of anilines is 3. The van der Waals surface area contributed by atoms with E-state index in [2.05, 4.69) is 5.32 Å². The molecule has 33 heavy (non-hydrogen) atoms. The van der Waals surface area contributed by atoms with Gasteiger partial charge in [-0.15, -0.1) is 0 Å². The van der Waals surface area contributed by atoms with Crippen molar-refractivity contribution >= 4 is 50.5 Å². The molecule has 1 aliphatic heterocycles. The Morgan fingerprint density at radius 1 is 1.21 bits per heavy atom. The molecule has 1 heterocycles. The molecule has 2 amide bonds. The quantitative estimate of drug-likeness (QED) is 0.640. The molecule has 1 N–H and O–H groups in total. The van der Waals surface area contributed by atoms with E-state index in [1.807, 2.05) is 6.92 Å². The number of nitrogens with zero attached hydrogens (tertiary/aromatic N) is 2. The summed E-state index contributed by atoms with van der Waals surface area (Å²) in [6.45, 7) is 1.56. The first kappa shape index (κ1) is 24.8. The van der Waals surface area contributed by atoms with Crippen molar-refractivity contribution in [2.24, 2.45) is 0 Å². The Kier molecular flexibility index (Phi) is 6.94. The van der Waals surface area contributed by atoms with E-state index in [4.69, 9.17) is 11.6 Å². The van der Waals surface area contributed by atoms with Crippen molar-refractivity contribution in [2.75, 3.05) is 33.9 Å². The lowest BCUT2D eigenvalue weighted by Gasteiger charge is -2.24. The minimum Gasteiger partial charge on any atom is -0.324 e. The van der Waals surface area contributed by atoms with Crippen LogP contribution in [0.25, 0.3) is 0 Å². The number of rotatable bonds is 6. The maximum absolute atomic E-state index is 13.1. The molecule has 178 valence electrons. The van der Waals surface area contributed by atoms with Gasteiger partial charge in [0.15, 0.2) is 0 Å². The van der Waals surface area contributed by atoms with Crippen molar-refractivity contribution in [1.82, 2.24) is 0 Å². The van der Waals surface area contributed by atoms with Crippen LogP contribution in [0.2, 0.25) is 5.02 Å². The molecule has 0 atom stereocenters. The number of carbonyl (C=O) groups is 2. The third kappa shape index (κ3) is 5.77. The Morgan fingerprint density at radius 3 is 2.48 bits per heavy atom. The molecule has 7 nitrogen and oxygen atoms in total. The van der Waals surface area contributed by atoms with Gasteiger partial charge in [0.1, 0.15) is 6.54 Å². The number of nitrogens with one attached hydrogen (secondary N) is 1. The summed E-state index contributed by atoms with van der Waals surface area (Å²) in [6.07, 6.45) is -2.82. The summed E-state index contributed by atoms with van der Waals surface area (Å²) in [4.78, 5) is 26.3. The van der Waals surface area contributed by atoms with Crippen LogP contribution in [-0.2, 0) is 25.8 Å². The molecule has 1 saturated heterocycles. The second kappa shape index (κ2) is 9.22. The highest BCUT2D eigenvalue weighted by atomic mass is 35.5. The van der Waals surface area contributed by atoms with Crippen LogP contribution in [0.15, 0.2) is 36.4 Å². The summed E-state index contributed by atoms with van der Waals surface area (Å²) in [5, 5.41) is 2.28. The minimum absolute atomic E-state index is 0.0379. The molecular formula is C21H21ClF3N3O4S. The van der Waals surface area contributed by atoms with Crippen LogP contribution in [-0.4, -0.2) is 39.6 Å². The Morgan fingerprint density at radius 2 is 1.91 bits per heavy atom. The Balaban J connectivity index is 1.87. The van der Waals surface area contributed by atoms with Gasteiger partial charge in [-0.2, -0.15) is 13.2 Å². The number of halogens is 4. The Hall–Kier alpha value is -2.79. The molecule has 0 aromatic heterocycles. The molecule has 0 unspecified atom stereocenters. The van der Waals surface area contributed by atoms with E-state index in [0.29, 0.717) is 34.7 Å². The van der Waals surface area contributed by atoms with E-state index in [1.165, 1.54) is 0 Å². The summed E-state index contributed by atoms with van der Waals surface area (Å²) in [5.41, 5.74) is 0.183. The molecule has 0 bridgehead atoms. The van der Waals surface area contributed by atoms with Crippen LogP contribution in [0.4, 0.5) is 30.2 Å². The molecule has 1 aliphatic rings. The molecule has 2 aromatic rings. The number of sulfonamides is 1. The SMILES string of the molecule is Cc1ccc(NC(=O)CN(c2cc(C(F)(F)F)ccc2Cl)S(C)(=O)=O)cc1N1CCCC1=O. The van der Waals surface area contributed by atoms with Gasteiger partial charge in [-0.05, 0) is 49.2 Å². The fraction of sp³-hybridized carbons (Fsp3) is 0.333. The lowest BCUT2D eigenvalue weighted by molar-refractivity contribution is -0.137. The molecule has 1 fully saturated rings. The van der Waals surface area contributed by atoms with Gasteiger partial charge in [0.25, 0.3) is 0 Å². The highest BCUT2D eigenvalue weighted by Gasteiger charge is 2.33. The fourth-order valence-electron chi connectivity index (χ4n) is 3.47. The lowest BCUT2D eigenvalue weighted by Crippen LogP contribution is -2.37. The van der Waals surface area contributed by atoms with E-state index in [9.17, 15) is 31.2 Å². The van der Waals surface area contributed by atoms with Crippen molar-refractivity contribution < 1.29 is 31.2 Å². The van der Waals surface area contributed by atoms with Crippen molar-refractivity contribution in [2.45, 2.75) is 25.9 Å². The first-order valence-corrected chi connectivity index (χ1v) is 12.1. The maximum Gasteiger partial charge on any atom is 0.416 e. The van der Waals surface area contributed by atoms with Gasteiger partial charge in [0.05, 0.1) is 22.5 Å². The summed E-state index contributed by atoms with van der Waals surface area (Å²) in [7, 11) is -4.16. The molecule has 0 spiro atoms. The number of benzene rings is 2. The zero-order valence-corrected chi connectivity index (χ0v) is 19.3. The number of hydrogen-bond acceptors (Lipinski definition) is 4. The van der Waals surface area contributed by atoms with E-state index in [1.54, 1.807) is 23.1 Å². The van der Waals surface area contributed by atoms with E-state index in [-0.39, 0.29) is 10.9 Å². The predicted molar refractivity (Wildman–Crippen MR) is 120 cm³/mol. The second-order valence-corrected chi connectivity index (χ2v) is 9.95. The Bertz CT molecular complexity index is 1200. The van der Waals surface area contributed by atoms with Crippen molar-refractivity contribution in [3.8, 4) is 0 Å². The monoisotopic (exact) mass is 503 g/mol. The zero-order chi connectivity index (χ0) is 24.6. The number of aryl methyl sites for hydroxylation is 1. The van der Waals surface area contributed by atoms with Gasteiger partial charge in [-0.3, -0.25) is 13.9 Å². The molecule has 3 rings (SSSR count). The number of amides is 2. The average Bonchev–Trinajstić information content (AvgIpc) is 3.12. The predicted octanol–water partition coefficient (Wildman–Crippen LogP) is 4.20. The van der Waals surface area contributed by atoms with Crippen molar-refractivity contribution in [3.05, 3.63) is 52.5 Å². The smallest absolute Gasteiger partial charge is 0.324 e. The van der Waals surface area contributed by atoms with Crippen LogP contribution in [0, 0.1) is 6.92 Å². The number of alkyl halides is 3. The molecule has 0 radical (unpaired) electrons. The average molecular weight is 504 g/mol. The molecule has 0 saturated carbocycles. The fourth-order valence-corrected chi connectivity index (χ4v) is 4.60. The zero-order valence-electron chi connectivity index (χ0n) is 17.7. The number of hydrogen-bond donors (Lipinski definition) is 1. The molecule has 12 heteroatoms. The van der Waals surface area contributed by atoms with Crippen LogP contribution >= 0.6 is 11.6 Å².